The van der Waals surface area contributed by atoms with E-state index >= 15 is 0 Å². The van der Waals surface area contributed by atoms with Crippen LogP contribution >= 0.6 is 0 Å². The number of hydrogen-bond acceptors (Lipinski definition) is 3. The topological polar surface area (TPSA) is 47.3 Å². The minimum absolute atomic E-state index is 0.301. The Kier molecular flexibility index (Phi) is 2.04. The molecule has 0 saturated heterocycles. The Morgan fingerprint density at radius 2 is 2.21 bits per heavy atom. The van der Waals surface area contributed by atoms with Gasteiger partial charge in [0.05, 0.1) is 0 Å². The second kappa shape index (κ2) is 3.21. The molecule has 0 bridgehead atoms. The Balaban J connectivity index is 2.59. The molecule has 72 valence electrons. The SMILES string of the molecule is CC(C)c1nc2ccc(C=O)cn2n1. The highest BCUT2D eigenvalue weighted by Crippen LogP contribution is 2.11. The van der Waals surface area contributed by atoms with E-state index in [1.165, 1.54) is 0 Å². The van der Waals surface area contributed by atoms with Crippen LogP contribution in [0.15, 0.2) is 18.3 Å². The molecule has 0 unspecified atom stereocenters. The smallest absolute Gasteiger partial charge is 0.155 e. The first-order valence-corrected chi connectivity index (χ1v) is 4.52. The number of aldehydes is 1. The van der Waals surface area contributed by atoms with Crippen LogP contribution in [0.4, 0.5) is 0 Å². The zero-order chi connectivity index (χ0) is 10.1. The quantitative estimate of drug-likeness (QED) is 0.675. The Morgan fingerprint density at radius 3 is 2.86 bits per heavy atom. The van der Waals surface area contributed by atoms with Gasteiger partial charge in [-0.2, -0.15) is 5.10 Å². The van der Waals surface area contributed by atoms with Crippen molar-refractivity contribution in [2.75, 3.05) is 0 Å². The zero-order valence-electron chi connectivity index (χ0n) is 8.14. The largest absolute Gasteiger partial charge is 0.298 e. The summed E-state index contributed by atoms with van der Waals surface area (Å²) in [5.74, 6) is 1.10. The predicted molar refractivity (Wildman–Crippen MR) is 52.5 cm³/mol. The third-order valence-electron chi connectivity index (χ3n) is 2.02. The van der Waals surface area contributed by atoms with Crippen LogP contribution in [-0.4, -0.2) is 20.9 Å². The maximum Gasteiger partial charge on any atom is 0.155 e. The maximum absolute atomic E-state index is 10.5. The lowest BCUT2D eigenvalue weighted by atomic mass is 10.2. The van der Waals surface area contributed by atoms with E-state index in [4.69, 9.17) is 0 Å². The Morgan fingerprint density at radius 1 is 1.43 bits per heavy atom. The van der Waals surface area contributed by atoms with Gasteiger partial charge in [-0.3, -0.25) is 4.79 Å². The van der Waals surface area contributed by atoms with Crippen molar-refractivity contribution in [3.8, 4) is 0 Å². The number of hydrogen-bond donors (Lipinski definition) is 0. The minimum Gasteiger partial charge on any atom is -0.298 e. The lowest BCUT2D eigenvalue weighted by molar-refractivity contribution is 0.112. The minimum atomic E-state index is 0.301. The van der Waals surface area contributed by atoms with Crippen molar-refractivity contribution in [2.24, 2.45) is 0 Å². The fraction of sp³-hybridized carbons (Fsp3) is 0.300. The molecule has 0 aromatic carbocycles. The third kappa shape index (κ3) is 1.39. The molecular formula is C10H11N3O. The summed E-state index contributed by atoms with van der Waals surface area (Å²) in [6, 6.07) is 3.53. The summed E-state index contributed by atoms with van der Waals surface area (Å²) in [5, 5.41) is 4.27. The number of fused-ring (bicyclic) bond motifs is 1. The summed E-state index contributed by atoms with van der Waals surface area (Å²) < 4.78 is 1.64. The maximum atomic E-state index is 10.5. The van der Waals surface area contributed by atoms with Crippen LogP contribution in [0.5, 0.6) is 0 Å². The Hall–Kier alpha value is -1.71. The van der Waals surface area contributed by atoms with Crippen LogP contribution < -0.4 is 0 Å². The Bertz CT molecular complexity index is 473. The molecule has 2 heterocycles. The number of nitrogens with zero attached hydrogens (tertiary/aromatic N) is 3. The average Bonchev–Trinajstić information content (AvgIpc) is 2.59. The molecule has 0 spiro atoms. The molecule has 4 nitrogen and oxygen atoms in total. The molecule has 0 aliphatic carbocycles. The Labute approximate surface area is 81.6 Å². The fourth-order valence-electron chi connectivity index (χ4n) is 1.23. The summed E-state index contributed by atoms with van der Waals surface area (Å²) >= 11 is 0. The first-order chi connectivity index (χ1) is 6.70. The van der Waals surface area contributed by atoms with Gasteiger partial charge in [0.25, 0.3) is 0 Å². The molecule has 2 aromatic heterocycles. The molecule has 14 heavy (non-hydrogen) atoms. The molecule has 4 heteroatoms. The third-order valence-corrected chi connectivity index (χ3v) is 2.02. The van der Waals surface area contributed by atoms with Gasteiger partial charge >= 0.3 is 0 Å². The van der Waals surface area contributed by atoms with Gasteiger partial charge in [0.1, 0.15) is 0 Å². The van der Waals surface area contributed by atoms with Crippen LogP contribution in [0, 0.1) is 0 Å². The number of carbonyl (C=O) groups excluding carboxylic acids is 1. The molecule has 2 aromatic rings. The molecule has 0 N–H and O–H groups in total. The van der Waals surface area contributed by atoms with Crippen molar-refractivity contribution in [1.29, 1.82) is 0 Å². The zero-order valence-corrected chi connectivity index (χ0v) is 8.14. The van der Waals surface area contributed by atoms with Gasteiger partial charge in [-0.15, -0.1) is 0 Å². The highest BCUT2D eigenvalue weighted by atomic mass is 16.1. The number of pyridine rings is 1. The lowest BCUT2D eigenvalue weighted by Crippen LogP contribution is -1.92. The second-order valence-corrected chi connectivity index (χ2v) is 3.51. The lowest BCUT2D eigenvalue weighted by Gasteiger charge is -1.93. The van der Waals surface area contributed by atoms with Crippen molar-refractivity contribution in [3.05, 3.63) is 29.7 Å². The van der Waals surface area contributed by atoms with E-state index in [2.05, 4.69) is 10.1 Å². The molecule has 0 fully saturated rings. The van der Waals surface area contributed by atoms with Gasteiger partial charge in [0.2, 0.25) is 0 Å². The normalized spacial score (nSPS) is 11.1. The van der Waals surface area contributed by atoms with Crippen LogP contribution in [0.3, 0.4) is 0 Å². The van der Waals surface area contributed by atoms with E-state index in [0.29, 0.717) is 11.5 Å². The van der Waals surface area contributed by atoms with Gasteiger partial charge in [-0.1, -0.05) is 13.8 Å². The van der Waals surface area contributed by atoms with Crippen LogP contribution in [-0.2, 0) is 0 Å². The van der Waals surface area contributed by atoms with Gasteiger partial charge in [0, 0.05) is 17.7 Å². The van der Waals surface area contributed by atoms with Crippen molar-refractivity contribution in [2.45, 2.75) is 19.8 Å². The molecule has 0 radical (unpaired) electrons. The molecule has 0 saturated carbocycles. The van der Waals surface area contributed by atoms with Crippen LogP contribution in [0.1, 0.15) is 35.9 Å². The van der Waals surface area contributed by atoms with Crippen LogP contribution in [0.2, 0.25) is 0 Å². The number of carbonyl (C=O) groups is 1. The average molecular weight is 189 g/mol. The molecule has 0 atom stereocenters. The van der Waals surface area contributed by atoms with Gasteiger partial charge in [0.15, 0.2) is 17.8 Å². The molecule has 0 aliphatic rings. The monoisotopic (exact) mass is 189 g/mol. The van der Waals surface area contributed by atoms with E-state index in [0.717, 1.165) is 17.8 Å². The van der Waals surface area contributed by atoms with Gasteiger partial charge in [-0.05, 0) is 12.1 Å². The standard InChI is InChI=1S/C10H11N3O/c1-7(2)10-11-9-4-3-8(6-14)5-13(9)12-10/h3-7H,1-2H3. The van der Waals surface area contributed by atoms with Crippen molar-refractivity contribution in [3.63, 3.8) is 0 Å². The summed E-state index contributed by atoms with van der Waals surface area (Å²) in [4.78, 5) is 14.9. The van der Waals surface area contributed by atoms with E-state index in [-0.39, 0.29) is 0 Å². The second-order valence-electron chi connectivity index (χ2n) is 3.51. The first-order valence-electron chi connectivity index (χ1n) is 4.52. The highest BCUT2D eigenvalue weighted by molar-refractivity contribution is 5.74. The van der Waals surface area contributed by atoms with Crippen molar-refractivity contribution < 1.29 is 4.79 Å². The summed E-state index contributed by atoms with van der Waals surface area (Å²) in [6.07, 6.45) is 2.48. The number of aromatic nitrogens is 3. The molecule has 0 aliphatic heterocycles. The molecule has 2 rings (SSSR count). The van der Waals surface area contributed by atoms with Crippen LogP contribution in [0.25, 0.3) is 5.65 Å². The van der Waals surface area contributed by atoms with Crippen molar-refractivity contribution >= 4 is 11.9 Å². The summed E-state index contributed by atoms with van der Waals surface area (Å²) in [5.41, 5.74) is 1.39. The number of rotatable bonds is 2. The van der Waals surface area contributed by atoms with E-state index in [1.54, 1.807) is 22.8 Å². The predicted octanol–water partition coefficient (Wildman–Crippen LogP) is 1.67. The first kappa shape index (κ1) is 8.87. The van der Waals surface area contributed by atoms with Gasteiger partial charge < -0.3 is 0 Å². The fourth-order valence-corrected chi connectivity index (χ4v) is 1.23. The van der Waals surface area contributed by atoms with Gasteiger partial charge in [-0.25, -0.2) is 9.50 Å². The summed E-state index contributed by atoms with van der Waals surface area (Å²) in [7, 11) is 0. The van der Waals surface area contributed by atoms with E-state index in [1.807, 2.05) is 13.8 Å². The molecular weight excluding hydrogens is 178 g/mol. The van der Waals surface area contributed by atoms with Crippen molar-refractivity contribution in [1.82, 2.24) is 14.6 Å². The van der Waals surface area contributed by atoms with E-state index < -0.39 is 0 Å². The molecule has 0 amide bonds. The summed E-state index contributed by atoms with van der Waals surface area (Å²) in [6.45, 7) is 4.07. The highest BCUT2D eigenvalue weighted by Gasteiger charge is 2.06. The van der Waals surface area contributed by atoms with E-state index in [9.17, 15) is 4.79 Å².